The molecule has 1 unspecified atom stereocenters. The first-order chi connectivity index (χ1) is 9.72. The maximum Gasteiger partial charge on any atom is 0.413 e. The van der Waals surface area contributed by atoms with Gasteiger partial charge in [-0.2, -0.15) is 0 Å². The molecule has 6 nitrogen and oxygen atoms in total. The summed E-state index contributed by atoms with van der Waals surface area (Å²) in [6.45, 7) is 3.93. The van der Waals surface area contributed by atoms with E-state index in [1.807, 2.05) is 25.1 Å². The molecule has 0 saturated carbocycles. The number of amides is 1. The maximum absolute atomic E-state index is 11.1. The van der Waals surface area contributed by atoms with Gasteiger partial charge in [0.15, 0.2) is 0 Å². The minimum absolute atomic E-state index is 0.263. The van der Waals surface area contributed by atoms with Crippen LogP contribution in [-0.4, -0.2) is 38.9 Å². The molecule has 1 heterocycles. The van der Waals surface area contributed by atoms with E-state index in [9.17, 15) is 4.79 Å². The van der Waals surface area contributed by atoms with Crippen molar-refractivity contribution in [3.63, 3.8) is 0 Å². The van der Waals surface area contributed by atoms with E-state index in [1.54, 1.807) is 0 Å². The van der Waals surface area contributed by atoms with E-state index >= 15 is 0 Å². The van der Waals surface area contributed by atoms with Gasteiger partial charge in [0.1, 0.15) is 5.75 Å². The molecule has 20 heavy (non-hydrogen) atoms. The van der Waals surface area contributed by atoms with E-state index < -0.39 is 6.09 Å². The van der Waals surface area contributed by atoms with E-state index in [-0.39, 0.29) is 5.92 Å². The summed E-state index contributed by atoms with van der Waals surface area (Å²) < 4.78 is 10.0. The smallest absolute Gasteiger partial charge is 0.413 e. The number of hydrogen-bond donors (Lipinski definition) is 2. The average Bonchev–Trinajstić information content (AvgIpc) is 2.48. The Bertz CT molecular complexity index is 502. The number of hydrogen-bond acceptors (Lipinski definition) is 5. The van der Waals surface area contributed by atoms with Crippen molar-refractivity contribution in [2.24, 2.45) is 4.99 Å². The molecule has 1 aromatic carbocycles. The van der Waals surface area contributed by atoms with Crippen LogP contribution in [0.2, 0.25) is 0 Å². The Morgan fingerprint density at radius 2 is 2.40 bits per heavy atom. The SMILES string of the molecule is CCOc1cccc(C2CN=C(NC(=O)OC)NC2)c1. The van der Waals surface area contributed by atoms with Gasteiger partial charge in [0, 0.05) is 12.5 Å². The first kappa shape index (κ1) is 14.2. The summed E-state index contributed by atoms with van der Waals surface area (Å²) in [5.41, 5.74) is 1.17. The average molecular weight is 277 g/mol. The number of methoxy groups -OCH3 is 1. The molecule has 1 amide bonds. The molecule has 108 valence electrons. The zero-order valence-electron chi connectivity index (χ0n) is 11.7. The van der Waals surface area contributed by atoms with Crippen LogP contribution in [-0.2, 0) is 4.74 Å². The van der Waals surface area contributed by atoms with Gasteiger partial charge in [-0.15, -0.1) is 0 Å². The maximum atomic E-state index is 11.1. The first-order valence-electron chi connectivity index (χ1n) is 6.59. The van der Waals surface area contributed by atoms with Gasteiger partial charge in [0.05, 0.1) is 20.3 Å². The number of ether oxygens (including phenoxy) is 2. The zero-order chi connectivity index (χ0) is 14.4. The minimum Gasteiger partial charge on any atom is -0.494 e. The van der Waals surface area contributed by atoms with Gasteiger partial charge < -0.3 is 14.8 Å². The third-order valence-corrected chi connectivity index (χ3v) is 3.03. The molecule has 1 aromatic rings. The van der Waals surface area contributed by atoms with E-state index in [4.69, 9.17) is 4.74 Å². The van der Waals surface area contributed by atoms with E-state index in [2.05, 4.69) is 26.4 Å². The standard InChI is InChI=1S/C14H19N3O3/c1-3-20-12-6-4-5-10(7-12)11-8-15-13(16-9-11)17-14(18)19-2/h4-7,11H,3,8-9H2,1-2H3,(H2,15,16,17,18). The number of carbonyl (C=O) groups excluding carboxylic acids is 1. The summed E-state index contributed by atoms with van der Waals surface area (Å²) in [4.78, 5) is 15.4. The third kappa shape index (κ3) is 3.63. The number of nitrogens with one attached hydrogen (secondary N) is 2. The highest BCUT2D eigenvalue weighted by Gasteiger charge is 2.18. The summed E-state index contributed by atoms with van der Waals surface area (Å²) in [6.07, 6.45) is -0.520. The highest BCUT2D eigenvalue weighted by Crippen LogP contribution is 2.22. The van der Waals surface area contributed by atoms with Gasteiger partial charge >= 0.3 is 6.09 Å². The van der Waals surface area contributed by atoms with Crippen molar-refractivity contribution in [2.75, 3.05) is 26.8 Å². The number of alkyl carbamates (subject to hydrolysis) is 1. The number of guanidine groups is 1. The quantitative estimate of drug-likeness (QED) is 0.878. The van der Waals surface area contributed by atoms with Crippen molar-refractivity contribution < 1.29 is 14.3 Å². The largest absolute Gasteiger partial charge is 0.494 e. The molecular weight excluding hydrogens is 258 g/mol. The summed E-state index contributed by atoms with van der Waals surface area (Å²) in [5, 5.41) is 5.61. The van der Waals surface area contributed by atoms with E-state index in [0.717, 1.165) is 5.75 Å². The lowest BCUT2D eigenvalue weighted by atomic mass is 9.98. The van der Waals surface area contributed by atoms with Crippen LogP contribution in [0.4, 0.5) is 4.79 Å². The van der Waals surface area contributed by atoms with E-state index in [0.29, 0.717) is 25.7 Å². The van der Waals surface area contributed by atoms with Crippen molar-refractivity contribution in [2.45, 2.75) is 12.8 Å². The second-order valence-electron chi connectivity index (χ2n) is 4.39. The number of carbonyl (C=O) groups is 1. The van der Waals surface area contributed by atoms with Gasteiger partial charge in [-0.05, 0) is 24.6 Å². The molecule has 1 aliphatic rings. The normalized spacial score (nSPS) is 17.7. The van der Waals surface area contributed by atoms with Gasteiger partial charge in [0.25, 0.3) is 0 Å². The van der Waals surface area contributed by atoms with Crippen LogP contribution in [0, 0.1) is 0 Å². The van der Waals surface area contributed by atoms with Gasteiger partial charge in [-0.1, -0.05) is 12.1 Å². The molecule has 0 radical (unpaired) electrons. The van der Waals surface area contributed by atoms with Crippen LogP contribution in [0.25, 0.3) is 0 Å². The van der Waals surface area contributed by atoms with Crippen molar-refractivity contribution in [1.29, 1.82) is 0 Å². The highest BCUT2D eigenvalue weighted by atomic mass is 16.5. The highest BCUT2D eigenvalue weighted by molar-refractivity contribution is 5.94. The number of benzene rings is 1. The van der Waals surface area contributed by atoms with Gasteiger partial charge in [-0.3, -0.25) is 10.3 Å². The predicted octanol–water partition coefficient (Wildman–Crippen LogP) is 1.48. The lowest BCUT2D eigenvalue weighted by Gasteiger charge is -2.23. The predicted molar refractivity (Wildman–Crippen MR) is 76.2 cm³/mol. The molecule has 0 aliphatic carbocycles. The molecule has 2 N–H and O–H groups in total. The van der Waals surface area contributed by atoms with Crippen LogP contribution in [0.15, 0.2) is 29.3 Å². The molecule has 2 rings (SSSR count). The van der Waals surface area contributed by atoms with Gasteiger partial charge in [-0.25, -0.2) is 4.79 Å². The van der Waals surface area contributed by atoms with E-state index in [1.165, 1.54) is 12.7 Å². The van der Waals surface area contributed by atoms with Crippen molar-refractivity contribution >= 4 is 12.1 Å². The lowest BCUT2D eigenvalue weighted by Crippen LogP contribution is -2.45. The minimum atomic E-state index is -0.520. The summed E-state index contributed by atoms with van der Waals surface area (Å²) in [6, 6.07) is 8.01. The fourth-order valence-electron chi connectivity index (χ4n) is 2.02. The summed E-state index contributed by atoms with van der Waals surface area (Å²) in [5.74, 6) is 1.58. The Labute approximate surface area is 118 Å². The second kappa shape index (κ2) is 6.79. The molecule has 0 aromatic heterocycles. The van der Waals surface area contributed by atoms with Crippen LogP contribution >= 0.6 is 0 Å². The van der Waals surface area contributed by atoms with Crippen molar-refractivity contribution in [1.82, 2.24) is 10.6 Å². The van der Waals surface area contributed by atoms with Crippen molar-refractivity contribution in [3.05, 3.63) is 29.8 Å². The monoisotopic (exact) mass is 277 g/mol. The molecule has 0 spiro atoms. The molecule has 6 heteroatoms. The Balaban J connectivity index is 1.99. The van der Waals surface area contributed by atoms with Crippen LogP contribution in [0.1, 0.15) is 18.4 Å². The number of aliphatic imine (C=N–C) groups is 1. The second-order valence-corrected chi connectivity index (χ2v) is 4.39. The van der Waals surface area contributed by atoms with Crippen LogP contribution in [0.3, 0.4) is 0 Å². The lowest BCUT2D eigenvalue weighted by molar-refractivity contribution is 0.176. The third-order valence-electron chi connectivity index (χ3n) is 3.03. The number of rotatable bonds is 3. The zero-order valence-corrected chi connectivity index (χ0v) is 11.7. The molecular formula is C14H19N3O3. The van der Waals surface area contributed by atoms with Crippen LogP contribution < -0.4 is 15.4 Å². The number of nitrogens with zero attached hydrogens (tertiary/aromatic N) is 1. The summed E-state index contributed by atoms with van der Waals surface area (Å²) >= 11 is 0. The Kier molecular flexibility index (Phi) is 4.81. The molecule has 1 atom stereocenters. The molecule has 0 fully saturated rings. The van der Waals surface area contributed by atoms with Gasteiger partial charge in [0.2, 0.25) is 5.96 Å². The summed E-state index contributed by atoms with van der Waals surface area (Å²) in [7, 11) is 1.32. The Hall–Kier alpha value is -2.24. The Morgan fingerprint density at radius 1 is 1.55 bits per heavy atom. The first-order valence-corrected chi connectivity index (χ1v) is 6.59. The topological polar surface area (TPSA) is 72.0 Å². The molecule has 0 saturated heterocycles. The van der Waals surface area contributed by atoms with Crippen LogP contribution in [0.5, 0.6) is 5.75 Å². The van der Waals surface area contributed by atoms with Crippen molar-refractivity contribution in [3.8, 4) is 5.75 Å². The Morgan fingerprint density at radius 3 is 3.05 bits per heavy atom. The fourth-order valence-corrected chi connectivity index (χ4v) is 2.02. The molecule has 1 aliphatic heterocycles. The fraction of sp³-hybridized carbons (Fsp3) is 0.429. The molecule has 0 bridgehead atoms.